The molecule has 10 heteroatoms. The Morgan fingerprint density at radius 3 is 2.26 bits per heavy atom. The van der Waals surface area contributed by atoms with Gasteiger partial charge in [-0.25, -0.2) is 15.0 Å². The number of aromatic nitrogens is 4. The van der Waals surface area contributed by atoms with Crippen molar-refractivity contribution in [3.8, 4) is 0 Å². The average Bonchev–Trinajstić information content (AvgIpc) is 3.28. The first kappa shape index (κ1) is 28.0. The topological polar surface area (TPSA) is 97.3 Å². The molecule has 0 radical (unpaired) electrons. The van der Waals surface area contributed by atoms with Gasteiger partial charge in [0, 0.05) is 5.92 Å². The van der Waals surface area contributed by atoms with E-state index in [4.69, 9.17) is 19.3 Å². The van der Waals surface area contributed by atoms with Crippen LogP contribution in [0.5, 0.6) is 0 Å². The molecule has 2 aromatic rings. The van der Waals surface area contributed by atoms with Crippen LogP contribution >= 0.6 is 0 Å². The molecule has 0 aliphatic carbocycles. The number of allylic oxidation sites excluding steroid dienone is 1. The van der Waals surface area contributed by atoms with Crippen LogP contribution in [0.15, 0.2) is 25.3 Å². The van der Waals surface area contributed by atoms with E-state index in [0.29, 0.717) is 23.6 Å². The summed E-state index contributed by atoms with van der Waals surface area (Å²) in [6.45, 7) is 27.2. The predicted molar refractivity (Wildman–Crippen MR) is 147 cm³/mol. The SMILES string of the molecule is C=CC[C@H]1[C@@H](O[Si](C)(C)C(C)(C)C)[C@H](n2cnc3c(N)ncnc32)O[C@@H]1CO[Si](C)(C)C(C)(C)C. The largest absolute Gasteiger partial charge is 0.414 e. The van der Waals surface area contributed by atoms with E-state index in [1.54, 1.807) is 6.33 Å². The minimum atomic E-state index is -2.13. The fraction of sp³-hybridized carbons (Fsp3) is 0.720. The Hall–Kier alpha value is -1.60. The molecule has 1 aliphatic rings. The third-order valence-corrected chi connectivity index (χ3v) is 17.2. The van der Waals surface area contributed by atoms with Gasteiger partial charge in [-0.05, 0) is 42.7 Å². The van der Waals surface area contributed by atoms with Gasteiger partial charge in [-0.15, -0.1) is 6.58 Å². The quantitative estimate of drug-likeness (QED) is 0.342. The van der Waals surface area contributed by atoms with Gasteiger partial charge >= 0.3 is 0 Å². The van der Waals surface area contributed by atoms with Crippen LogP contribution in [-0.2, 0) is 13.6 Å². The fourth-order valence-electron chi connectivity index (χ4n) is 3.87. The molecule has 1 saturated heterocycles. The molecule has 0 spiro atoms. The normalized spacial score (nSPS) is 24.3. The van der Waals surface area contributed by atoms with Gasteiger partial charge in [0.2, 0.25) is 0 Å². The van der Waals surface area contributed by atoms with Gasteiger partial charge in [-0.3, -0.25) is 4.57 Å². The fourth-order valence-corrected chi connectivity index (χ4v) is 6.21. The van der Waals surface area contributed by atoms with Crippen molar-refractivity contribution < 1.29 is 13.6 Å². The number of nitrogen functional groups attached to an aromatic ring is 1. The average molecular weight is 520 g/mol. The number of imidazole rings is 1. The molecule has 0 bridgehead atoms. The molecule has 4 atom stereocenters. The zero-order chi connectivity index (χ0) is 26.4. The van der Waals surface area contributed by atoms with E-state index >= 15 is 0 Å². The highest BCUT2D eigenvalue weighted by Gasteiger charge is 2.51. The molecule has 1 fully saturated rings. The summed E-state index contributed by atoms with van der Waals surface area (Å²) in [4.78, 5) is 13.1. The van der Waals surface area contributed by atoms with Crippen LogP contribution in [-0.4, -0.2) is 55.0 Å². The Morgan fingerprint density at radius 1 is 1.06 bits per heavy atom. The summed E-state index contributed by atoms with van der Waals surface area (Å²) >= 11 is 0. The van der Waals surface area contributed by atoms with Crippen LogP contribution in [0.1, 0.15) is 54.2 Å². The molecule has 8 nitrogen and oxygen atoms in total. The standard InChI is InChI=1S/C25H45N5O3Si2/c1-12-13-17-18(14-31-34(8,9)24(2,3)4)32-23(20(17)33-35(10,11)25(5,6)7)30-16-29-19-21(26)27-15-28-22(19)30/h12,15-18,20,23H,1,13-14H2,2-11H3,(H2,26,27,28)/t17-,18-,20-,23-/m1/s1. The van der Waals surface area contributed by atoms with Gasteiger partial charge in [-0.2, -0.15) is 0 Å². The highest BCUT2D eigenvalue weighted by molar-refractivity contribution is 6.74. The molecule has 35 heavy (non-hydrogen) atoms. The highest BCUT2D eigenvalue weighted by Crippen LogP contribution is 2.46. The van der Waals surface area contributed by atoms with Crippen molar-refractivity contribution in [1.82, 2.24) is 19.5 Å². The second kappa shape index (κ2) is 9.70. The van der Waals surface area contributed by atoms with Crippen molar-refractivity contribution in [2.75, 3.05) is 12.3 Å². The van der Waals surface area contributed by atoms with Crippen molar-refractivity contribution >= 4 is 33.6 Å². The summed E-state index contributed by atoms with van der Waals surface area (Å²) < 4.78 is 22.4. The first-order chi connectivity index (χ1) is 16.0. The maximum atomic E-state index is 7.07. The summed E-state index contributed by atoms with van der Waals surface area (Å²) in [5.41, 5.74) is 7.30. The van der Waals surface area contributed by atoms with E-state index in [0.717, 1.165) is 6.42 Å². The van der Waals surface area contributed by atoms with Crippen molar-refractivity contribution in [1.29, 1.82) is 0 Å². The summed E-state index contributed by atoms with van der Waals surface area (Å²) in [7, 11) is -4.09. The van der Waals surface area contributed by atoms with E-state index in [1.807, 2.05) is 10.6 Å². The number of rotatable bonds is 8. The van der Waals surface area contributed by atoms with Gasteiger partial charge in [0.25, 0.3) is 0 Å². The predicted octanol–water partition coefficient (Wildman–Crippen LogP) is 5.91. The van der Waals surface area contributed by atoms with Gasteiger partial charge in [-0.1, -0.05) is 47.6 Å². The zero-order valence-electron chi connectivity index (χ0n) is 23.3. The first-order valence-electron chi connectivity index (χ1n) is 12.5. The van der Waals surface area contributed by atoms with Crippen molar-refractivity contribution in [2.45, 2.75) is 103 Å². The molecule has 3 rings (SSSR count). The van der Waals surface area contributed by atoms with Gasteiger partial charge in [0.15, 0.2) is 34.3 Å². The third-order valence-electron chi connectivity index (χ3n) is 8.25. The lowest BCUT2D eigenvalue weighted by Crippen LogP contribution is -2.47. The van der Waals surface area contributed by atoms with Crippen LogP contribution in [0.2, 0.25) is 36.3 Å². The lowest BCUT2D eigenvalue weighted by molar-refractivity contribution is -0.0451. The van der Waals surface area contributed by atoms with Crippen LogP contribution in [0.3, 0.4) is 0 Å². The second-order valence-electron chi connectivity index (χ2n) is 12.8. The summed E-state index contributed by atoms with van der Waals surface area (Å²) in [5, 5.41) is 0.167. The van der Waals surface area contributed by atoms with Crippen LogP contribution in [0.25, 0.3) is 11.2 Å². The Labute approximate surface area is 212 Å². The number of fused-ring (bicyclic) bond motifs is 1. The minimum Gasteiger partial charge on any atom is -0.414 e. The molecule has 1 aliphatic heterocycles. The van der Waals surface area contributed by atoms with Gasteiger partial charge < -0.3 is 19.3 Å². The molecule has 196 valence electrons. The molecular weight excluding hydrogens is 474 g/mol. The van der Waals surface area contributed by atoms with Crippen LogP contribution in [0.4, 0.5) is 5.82 Å². The Bertz CT molecular complexity index is 1040. The van der Waals surface area contributed by atoms with Gasteiger partial charge in [0.1, 0.15) is 11.8 Å². The zero-order valence-corrected chi connectivity index (χ0v) is 25.3. The van der Waals surface area contributed by atoms with E-state index in [-0.39, 0.29) is 28.2 Å². The minimum absolute atomic E-state index is 0.0512. The molecule has 2 aromatic heterocycles. The van der Waals surface area contributed by atoms with Crippen molar-refractivity contribution in [3.05, 3.63) is 25.3 Å². The number of ether oxygens (including phenoxy) is 1. The van der Waals surface area contributed by atoms with E-state index in [2.05, 4.69) is 89.3 Å². The van der Waals surface area contributed by atoms with Crippen molar-refractivity contribution in [3.63, 3.8) is 0 Å². The number of hydrogen-bond acceptors (Lipinski definition) is 7. The van der Waals surface area contributed by atoms with E-state index < -0.39 is 22.9 Å². The number of hydrogen-bond donors (Lipinski definition) is 1. The number of nitrogens with two attached hydrogens (primary N) is 1. The molecule has 2 N–H and O–H groups in total. The van der Waals surface area contributed by atoms with Gasteiger partial charge in [0.05, 0.1) is 25.1 Å². The maximum Gasteiger partial charge on any atom is 0.192 e. The monoisotopic (exact) mass is 519 g/mol. The Morgan fingerprint density at radius 2 is 1.69 bits per heavy atom. The van der Waals surface area contributed by atoms with Crippen LogP contribution in [0, 0.1) is 5.92 Å². The highest BCUT2D eigenvalue weighted by atomic mass is 28.4. The summed E-state index contributed by atoms with van der Waals surface area (Å²) in [6.07, 6.45) is 5.20. The van der Waals surface area contributed by atoms with E-state index in [1.165, 1.54) is 6.33 Å². The van der Waals surface area contributed by atoms with Crippen LogP contribution < -0.4 is 5.73 Å². The van der Waals surface area contributed by atoms with E-state index in [9.17, 15) is 0 Å². The smallest absolute Gasteiger partial charge is 0.192 e. The first-order valence-corrected chi connectivity index (χ1v) is 18.3. The maximum absolute atomic E-state index is 7.07. The molecular formula is C25H45N5O3Si2. The molecule has 0 saturated carbocycles. The third kappa shape index (κ3) is 5.56. The summed E-state index contributed by atoms with van der Waals surface area (Å²) in [6, 6.07) is 0. The molecule has 0 aromatic carbocycles. The molecule has 0 unspecified atom stereocenters. The Kier molecular flexibility index (Phi) is 7.75. The number of anilines is 1. The molecule has 3 heterocycles. The Balaban J connectivity index is 2.03. The summed E-state index contributed by atoms with van der Waals surface area (Å²) in [5.74, 6) is 0.446. The lowest BCUT2D eigenvalue weighted by Gasteiger charge is -2.41. The lowest BCUT2D eigenvalue weighted by atomic mass is 9.94. The molecule has 0 amide bonds. The van der Waals surface area contributed by atoms with Crippen molar-refractivity contribution in [2.24, 2.45) is 5.92 Å². The second-order valence-corrected chi connectivity index (χ2v) is 22.3. The number of nitrogens with zero attached hydrogens (tertiary/aromatic N) is 4.